The number of hydrogen-bond acceptors (Lipinski definition) is 6. The summed E-state index contributed by atoms with van der Waals surface area (Å²) in [5.74, 6) is 0.314. The Morgan fingerprint density at radius 3 is 2.36 bits per heavy atom. The Bertz CT molecular complexity index is 1060. The Morgan fingerprint density at radius 1 is 1.11 bits per heavy atom. The van der Waals surface area contributed by atoms with E-state index in [0.717, 1.165) is 4.88 Å². The predicted molar refractivity (Wildman–Crippen MR) is 110 cm³/mol. The van der Waals surface area contributed by atoms with Crippen LogP contribution in [0, 0.1) is 6.92 Å². The molecule has 3 rings (SSSR count). The first-order valence-electron chi connectivity index (χ1n) is 8.47. The second kappa shape index (κ2) is 8.41. The van der Waals surface area contributed by atoms with Crippen molar-refractivity contribution >= 4 is 38.1 Å². The molecule has 0 unspecified atom stereocenters. The Morgan fingerprint density at radius 2 is 1.79 bits per heavy atom. The number of hydrogen-bond donors (Lipinski definition) is 2. The highest BCUT2D eigenvalue weighted by Crippen LogP contribution is 2.21. The number of rotatable bonds is 7. The number of anilines is 2. The van der Waals surface area contributed by atoms with Gasteiger partial charge in [-0.1, -0.05) is 0 Å². The first-order valence-corrected chi connectivity index (χ1v) is 10.8. The standard InChI is InChI=1S/C19H19N3O4S2/c1-3-26-16-8-6-15(7-9-16)22-28(24,25)17-10-4-14(5-11-17)18(23)21-19-20-12-13(2)27-19/h4-12,22H,3H2,1-2H3,(H,20,21,23). The lowest BCUT2D eigenvalue weighted by molar-refractivity contribution is 0.102. The van der Waals surface area contributed by atoms with Gasteiger partial charge in [-0.05, 0) is 62.4 Å². The number of sulfonamides is 1. The molecule has 0 saturated carbocycles. The first kappa shape index (κ1) is 19.8. The van der Waals surface area contributed by atoms with Crippen molar-refractivity contribution in [3.8, 4) is 5.75 Å². The van der Waals surface area contributed by atoms with Gasteiger partial charge in [0.15, 0.2) is 5.13 Å². The number of benzene rings is 2. The Balaban J connectivity index is 1.69. The smallest absolute Gasteiger partial charge is 0.261 e. The lowest BCUT2D eigenvalue weighted by Gasteiger charge is -2.10. The maximum absolute atomic E-state index is 12.5. The van der Waals surface area contributed by atoms with E-state index >= 15 is 0 Å². The van der Waals surface area contributed by atoms with Crippen molar-refractivity contribution in [2.75, 3.05) is 16.6 Å². The molecule has 0 fully saturated rings. The zero-order chi connectivity index (χ0) is 20.1. The summed E-state index contributed by atoms with van der Waals surface area (Å²) in [6.45, 7) is 4.30. The van der Waals surface area contributed by atoms with Crippen LogP contribution in [0.5, 0.6) is 5.75 Å². The van der Waals surface area contributed by atoms with E-state index in [1.54, 1.807) is 30.5 Å². The molecule has 1 aromatic heterocycles. The summed E-state index contributed by atoms with van der Waals surface area (Å²) < 4.78 is 32.9. The topological polar surface area (TPSA) is 97.4 Å². The van der Waals surface area contributed by atoms with E-state index in [1.165, 1.54) is 35.6 Å². The summed E-state index contributed by atoms with van der Waals surface area (Å²) in [5, 5.41) is 3.18. The molecule has 0 aliphatic heterocycles. The van der Waals surface area contributed by atoms with E-state index in [2.05, 4.69) is 15.0 Å². The summed E-state index contributed by atoms with van der Waals surface area (Å²) in [7, 11) is -3.77. The number of thiazole rings is 1. The molecule has 0 spiro atoms. The fourth-order valence-corrected chi connectivity index (χ4v) is 4.09. The van der Waals surface area contributed by atoms with E-state index < -0.39 is 10.0 Å². The van der Waals surface area contributed by atoms with Crippen LogP contribution in [0.1, 0.15) is 22.2 Å². The van der Waals surface area contributed by atoms with Gasteiger partial charge < -0.3 is 4.74 Å². The van der Waals surface area contributed by atoms with Gasteiger partial charge in [-0.3, -0.25) is 14.8 Å². The van der Waals surface area contributed by atoms with Crippen LogP contribution in [-0.2, 0) is 10.0 Å². The van der Waals surface area contributed by atoms with Gasteiger partial charge in [0.05, 0.1) is 11.5 Å². The average molecular weight is 418 g/mol. The number of ether oxygens (including phenoxy) is 1. The highest BCUT2D eigenvalue weighted by atomic mass is 32.2. The Hall–Kier alpha value is -2.91. The molecule has 146 valence electrons. The molecule has 28 heavy (non-hydrogen) atoms. The van der Waals surface area contributed by atoms with Crippen LogP contribution in [0.3, 0.4) is 0 Å². The van der Waals surface area contributed by atoms with Crippen LogP contribution in [0.25, 0.3) is 0 Å². The predicted octanol–water partition coefficient (Wildman–Crippen LogP) is 3.90. The number of nitrogens with zero attached hydrogens (tertiary/aromatic N) is 1. The molecule has 0 aliphatic carbocycles. The number of nitrogens with one attached hydrogen (secondary N) is 2. The molecule has 0 bridgehead atoms. The average Bonchev–Trinajstić information content (AvgIpc) is 3.08. The zero-order valence-corrected chi connectivity index (χ0v) is 16.9. The monoisotopic (exact) mass is 417 g/mol. The normalized spacial score (nSPS) is 11.1. The Kier molecular flexibility index (Phi) is 5.96. The lowest BCUT2D eigenvalue weighted by atomic mass is 10.2. The largest absolute Gasteiger partial charge is 0.494 e. The van der Waals surface area contributed by atoms with Crippen molar-refractivity contribution in [3.05, 3.63) is 65.2 Å². The molecule has 7 nitrogen and oxygen atoms in total. The molecule has 0 aliphatic rings. The molecular formula is C19H19N3O4S2. The van der Waals surface area contributed by atoms with Crippen molar-refractivity contribution in [2.45, 2.75) is 18.7 Å². The highest BCUT2D eigenvalue weighted by Gasteiger charge is 2.16. The molecule has 9 heteroatoms. The van der Waals surface area contributed by atoms with Crippen molar-refractivity contribution in [1.29, 1.82) is 0 Å². The minimum absolute atomic E-state index is 0.0584. The quantitative estimate of drug-likeness (QED) is 0.608. The van der Waals surface area contributed by atoms with Crippen molar-refractivity contribution < 1.29 is 17.9 Å². The molecule has 3 aromatic rings. The maximum Gasteiger partial charge on any atom is 0.261 e. The van der Waals surface area contributed by atoms with Gasteiger partial charge in [0, 0.05) is 22.3 Å². The van der Waals surface area contributed by atoms with E-state index in [4.69, 9.17) is 4.74 Å². The number of carbonyl (C=O) groups is 1. The summed E-state index contributed by atoms with van der Waals surface area (Å²) in [5.41, 5.74) is 0.761. The van der Waals surface area contributed by atoms with Gasteiger partial charge in [-0.2, -0.15) is 0 Å². The number of aryl methyl sites for hydroxylation is 1. The van der Waals surface area contributed by atoms with Crippen molar-refractivity contribution in [1.82, 2.24) is 4.98 Å². The van der Waals surface area contributed by atoms with Gasteiger partial charge in [0.2, 0.25) is 0 Å². The second-order valence-electron chi connectivity index (χ2n) is 5.82. The van der Waals surface area contributed by atoms with E-state index in [0.29, 0.717) is 28.7 Å². The number of aromatic nitrogens is 1. The van der Waals surface area contributed by atoms with Gasteiger partial charge in [-0.25, -0.2) is 13.4 Å². The second-order valence-corrected chi connectivity index (χ2v) is 8.73. The summed E-state index contributed by atoms with van der Waals surface area (Å²) in [6.07, 6.45) is 1.67. The molecule has 1 amide bonds. The lowest BCUT2D eigenvalue weighted by Crippen LogP contribution is -2.14. The number of carbonyl (C=O) groups excluding carboxylic acids is 1. The summed E-state index contributed by atoms with van der Waals surface area (Å²) in [4.78, 5) is 17.4. The van der Waals surface area contributed by atoms with Crippen LogP contribution in [0.2, 0.25) is 0 Å². The van der Waals surface area contributed by atoms with Crippen LogP contribution in [0.15, 0.2) is 59.6 Å². The first-order chi connectivity index (χ1) is 13.4. The van der Waals surface area contributed by atoms with Gasteiger partial charge in [0.1, 0.15) is 5.75 Å². The fourth-order valence-electron chi connectivity index (χ4n) is 2.37. The Labute approximate surface area is 167 Å². The fraction of sp³-hybridized carbons (Fsp3) is 0.158. The van der Waals surface area contributed by atoms with Crippen LogP contribution >= 0.6 is 11.3 Å². The van der Waals surface area contributed by atoms with E-state index in [9.17, 15) is 13.2 Å². The van der Waals surface area contributed by atoms with Gasteiger partial charge in [0.25, 0.3) is 15.9 Å². The zero-order valence-electron chi connectivity index (χ0n) is 15.3. The SMILES string of the molecule is CCOc1ccc(NS(=O)(=O)c2ccc(C(=O)Nc3ncc(C)s3)cc2)cc1. The maximum atomic E-state index is 12.5. The minimum atomic E-state index is -3.77. The summed E-state index contributed by atoms with van der Waals surface area (Å²) in [6, 6.07) is 12.3. The van der Waals surface area contributed by atoms with Crippen molar-refractivity contribution in [2.24, 2.45) is 0 Å². The molecule has 1 heterocycles. The van der Waals surface area contributed by atoms with Gasteiger partial charge in [-0.15, -0.1) is 11.3 Å². The third kappa shape index (κ3) is 4.87. The van der Waals surface area contributed by atoms with E-state index in [-0.39, 0.29) is 10.8 Å². The molecule has 0 atom stereocenters. The molecule has 0 saturated heterocycles. The number of amides is 1. The third-order valence-corrected chi connectivity index (χ3v) is 5.91. The highest BCUT2D eigenvalue weighted by molar-refractivity contribution is 7.92. The molecule has 0 radical (unpaired) electrons. The van der Waals surface area contributed by atoms with Gasteiger partial charge >= 0.3 is 0 Å². The van der Waals surface area contributed by atoms with Crippen LogP contribution in [0.4, 0.5) is 10.8 Å². The van der Waals surface area contributed by atoms with Crippen LogP contribution < -0.4 is 14.8 Å². The van der Waals surface area contributed by atoms with Crippen LogP contribution in [-0.4, -0.2) is 25.9 Å². The summed E-state index contributed by atoms with van der Waals surface area (Å²) >= 11 is 1.37. The molecule has 2 N–H and O–H groups in total. The molecule has 2 aromatic carbocycles. The molecular weight excluding hydrogens is 398 g/mol. The van der Waals surface area contributed by atoms with Crippen molar-refractivity contribution in [3.63, 3.8) is 0 Å². The minimum Gasteiger partial charge on any atom is -0.494 e. The van der Waals surface area contributed by atoms with E-state index in [1.807, 2.05) is 13.8 Å². The third-order valence-electron chi connectivity index (χ3n) is 3.69.